The fraction of sp³-hybridized carbons (Fsp3) is 0.500. The van der Waals surface area contributed by atoms with Crippen LogP contribution in [0.25, 0.3) is 0 Å². The molecule has 2 rings (SSSR count). The van der Waals surface area contributed by atoms with Crippen LogP contribution in [0.15, 0.2) is 18.2 Å². The Labute approximate surface area is 123 Å². The summed E-state index contributed by atoms with van der Waals surface area (Å²) in [6.07, 6.45) is 3.40. The monoisotopic (exact) mass is 320 g/mol. The molecule has 0 bridgehead atoms. The largest absolute Gasteiger partial charge is 0.382 e. The highest BCUT2D eigenvalue weighted by atomic mass is 35.5. The van der Waals surface area contributed by atoms with E-state index >= 15 is 0 Å². The van der Waals surface area contributed by atoms with Crippen LogP contribution in [0.5, 0.6) is 0 Å². The van der Waals surface area contributed by atoms with Crippen molar-refractivity contribution >= 4 is 44.8 Å². The summed E-state index contributed by atoms with van der Waals surface area (Å²) in [7, 11) is -3.30. The van der Waals surface area contributed by atoms with Crippen molar-refractivity contribution in [2.45, 2.75) is 18.9 Å². The van der Waals surface area contributed by atoms with E-state index in [0.29, 0.717) is 16.8 Å². The van der Waals surface area contributed by atoms with Crippen molar-refractivity contribution in [3.8, 4) is 0 Å². The first kappa shape index (κ1) is 14.8. The molecule has 0 atom stereocenters. The first-order chi connectivity index (χ1) is 8.94. The van der Waals surface area contributed by atoms with E-state index in [2.05, 4.69) is 10.0 Å². The lowest BCUT2D eigenvalue weighted by molar-refractivity contribution is 0.607. The molecule has 0 amide bonds. The molecule has 106 valence electrons. The highest BCUT2D eigenvalue weighted by molar-refractivity contribution is 7.99. The number of rotatable bonds is 4. The van der Waals surface area contributed by atoms with Gasteiger partial charge in [0.15, 0.2) is 0 Å². The molecule has 1 saturated heterocycles. The van der Waals surface area contributed by atoms with Gasteiger partial charge in [0.05, 0.1) is 17.0 Å². The van der Waals surface area contributed by atoms with E-state index in [9.17, 15) is 8.42 Å². The van der Waals surface area contributed by atoms with Gasteiger partial charge in [-0.15, -0.1) is 0 Å². The Bertz CT molecular complexity index is 543. The van der Waals surface area contributed by atoms with E-state index in [1.807, 2.05) is 17.8 Å². The van der Waals surface area contributed by atoms with Gasteiger partial charge in [0.1, 0.15) is 0 Å². The molecule has 0 spiro atoms. The molecule has 4 nitrogen and oxygen atoms in total. The summed E-state index contributed by atoms with van der Waals surface area (Å²) in [5, 5.41) is 3.84. The zero-order valence-electron chi connectivity index (χ0n) is 10.6. The van der Waals surface area contributed by atoms with Gasteiger partial charge in [-0.05, 0) is 42.5 Å². The minimum Gasteiger partial charge on any atom is -0.382 e. The predicted octanol–water partition coefficient (Wildman–Crippen LogP) is 3.02. The summed E-state index contributed by atoms with van der Waals surface area (Å²) in [5.74, 6) is 2.36. The number of hydrogen-bond acceptors (Lipinski definition) is 4. The highest BCUT2D eigenvalue weighted by Crippen LogP contribution is 2.28. The van der Waals surface area contributed by atoms with Gasteiger partial charge >= 0.3 is 0 Å². The summed E-state index contributed by atoms with van der Waals surface area (Å²) >= 11 is 8.06. The molecule has 0 unspecified atom stereocenters. The number of sulfonamides is 1. The van der Waals surface area contributed by atoms with Crippen LogP contribution in [-0.4, -0.2) is 32.2 Å². The Kier molecular flexibility index (Phi) is 4.86. The van der Waals surface area contributed by atoms with Crippen molar-refractivity contribution in [2.24, 2.45) is 0 Å². The normalized spacial score (nSPS) is 17.2. The second-order valence-electron chi connectivity index (χ2n) is 4.60. The van der Waals surface area contributed by atoms with E-state index in [1.165, 1.54) is 11.5 Å². The summed E-state index contributed by atoms with van der Waals surface area (Å²) in [4.78, 5) is 0. The van der Waals surface area contributed by atoms with E-state index < -0.39 is 10.0 Å². The van der Waals surface area contributed by atoms with Gasteiger partial charge in [0, 0.05) is 11.7 Å². The fourth-order valence-electron chi connectivity index (χ4n) is 1.97. The number of thioether (sulfide) groups is 1. The van der Waals surface area contributed by atoms with Gasteiger partial charge in [-0.2, -0.15) is 11.8 Å². The maximum Gasteiger partial charge on any atom is 0.229 e. The van der Waals surface area contributed by atoms with Crippen LogP contribution >= 0.6 is 23.4 Å². The minimum atomic E-state index is -3.30. The van der Waals surface area contributed by atoms with Crippen LogP contribution in [0.1, 0.15) is 12.8 Å². The van der Waals surface area contributed by atoms with Crippen molar-refractivity contribution in [2.75, 3.05) is 27.8 Å². The van der Waals surface area contributed by atoms with Gasteiger partial charge in [-0.25, -0.2) is 8.42 Å². The number of nitrogens with one attached hydrogen (secondary N) is 2. The van der Waals surface area contributed by atoms with Gasteiger partial charge in [0.25, 0.3) is 0 Å². The number of anilines is 2. The number of halogens is 1. The molecule has 0 radical (unpaired) electrons. The highest BCUT2D eigenvalue weighted by Gasteiger charge is 2.14. The third kappa shape index (κ3) is 4.78. The number of hydrogen-bond donors (Lipinski definition) is 2. The van der Waals surface area contributed by atoms with Crippen molar-refractivity contribution in [3.63, 3.8) is 0 Å². The molecule has 0 saturated carbocycles. The summed E-state index contributed by atoms with van der Waals surface area (Å²) in [5.41, 5.74) is 1.34. The Hall–Kier alpha value is -0.590. The van der Waals surface area contributed by atoms with E-state index in [1.54, 1.807) is 12.1 Å². The van der Waals surface area contributed by atoms with Gasteiger partial charge < -0.3 is 5.32 Å². The Balaban J connectivity index is 2.05. The molecule has 0 aliphatic carbocycles. The lowest BCUT2D eigenvalue weighted by atomic mass is 10.1. The molecule has 7 heteroatoms. The Morgan fingerprint density at radius 3 is 2.58 bits per heavy atom. The molecule has 1 aromatic rings. The van der Waals surface area contributed by atoms with Crippen LogP contribution in [0.3, 0.4) is 0 Å². The molecule has 1 aliphatic rings. The van der Waals surface area contributed by atoms with Crippen LogP contribution in [0.4, 0.5) is 11.4 Å². The maximum atomic E-state index is 11.2. The molecule has 2 N–H and O–H groups in total. The van der Waals surface area contributed by atoms with E-state index in [4.69, 9.17) is 11.6 Å². The van der Waals surface area contributed by atoms with Gasteiger partial charge in [-0.1, -0.05) is 11.6 Å². The van der Waals surface area contributed by atoms with Crippen LogP contribution in [0, 0.1) is 0 Å². The lowest BCUT2D eigenvalue weighted by Gasteiger charge is -2.24. The molecule has 1 aliphatic heterocycles. The van der Waals surface area contributed by atoms with Gasteiger partial charge in [-0.3, -0.25) is 4.72 Å². The second kappa shape index (κ2) is 6.24. The standard InChI is InChI=1S/C12H17ClN2O2S2/c1-19(16,17)15-12-3-2-10(8-11(12)13)14-9-4-6-18-7-5-9/h2-3,8-9,14-15H,4-7H2,1H3. The summed E-state index contributed by atoms with van der Waals surface area (Å²) < 4.78 is 24.7. The lowest BCUT2D eigenvalue weighted by Crippen LogP contribution is -2.24. The van der Waals surface area contributed by atoms with Crippen LogP contribution in [-0.2, 0) is 10.0 Å². The third-order valence-corrected chi connectivity index (χ3v) is 4.81. The van der Waals surface area contributed by atoms with Crippen molar-refractivity contribution < 1.29 is 8.42 Å². The summed E-state index contributed by atoms with van der Waals surface area (Å²) in [6.45, 7) is 0. The van der Waals surface area contributed by atoms with E-state index in [0.717, 1.165) is 24.8 Å². The van der Waals surface area contributed by atoms with Gasteiger partial charge in [0.2, 0.25) is 10.0 Å². The third-order valence-electron chi connectivity index (χ3n) is 2.86. The smallest absolute Gasteiger partial charge is 0.229 e. The average molecular weight is 321 g/mol. The maximum absolute atomic E-state index is 11.2. The minimum absolute atomic E-state index is 0.403. The zero-order chi connectivity index (χ0) is 13.9. The van der Waals surface area contributed by atoms with Crippen LogP contribution in [0.2, 0.25) is 5.02 Å². The molecule has 1 fully saturated rings. The van der Waals surface area contributed by atoms with Crippen molar-refractivity contribution in [3.05, 3.63) is 23.2 Å². The quantitative estimate of drug-likeness (QED) is 0.895. The van der Waals surface area contributed by atoms with Crippen molar-refractivity contribution in [1.82, 2.24) is 0 Å². The average Bonchev–Trinajstić information content (AvgIpc) is 2.33. The Morgan fingerprint density at radius 1 is 1.32 bits per heavy atom. The molecule has 0 aromatic heterocycles. The molecule has 1 heterocycles. The molecule has 19 heavy (non-hydrogen) atoms. The zero-order valence-corrected chi connectivity index (χ0v) is 13.0. The first-order valence-corrected chi connectivity index (χ1v) is 9.48. The topological polar surface area (TPSA) is 58.2 Å². The first-order valence-electron chi connectivity index (χ1n) is 6.06. The second-order valence-corrected chi connectivity index (χ2v) is 7.98. The molecular formula is C12H17ClN2O2S2. The Morgan fingerprint density at radius 2 is 2.00 bits per heavy atom. The molecular weight excluding hydrogens is 304 g/mol. The van der Waals surface area contributed by atoms with Crippen LogP contribution < -0.4 is 10.0 Å². The predicted molar refractivity (Wildman–Crippen MR) is 83.9 cm³/mol. The SMILES string of the molecule is CS(=O)(=O)Nc1ccc(NC2CCSCC2)cc1Cl. The molecule has 1 aromatic carbocycles. The summed E-state index contributed by atoms with van der Waals surface area (Å²) in [6, 6.07) is 5.77. The fourth-order valence-corrected chi connectivity index (χ4v) is 3.93. The number of benzene rings is 1. The van der Waals surface area contributed by atoms with E-state index in [-0.39, 0.29) is 0 Å². The van der Waals surface area contributed by atoms with Crippen molar-refractivity contribution in [1.29, 1.82) is 0 Å².